The highest BCUT2D eigenvalue weighted by Gasteiger charge is 2.15. The highest BCUT2D eigenvalue weighted by Crippen LogP contribution is 2.31. The molecular weight excluding hydrogens is 238 g/mol. The van der Waals surface area contributed by atoms with Crippen LogP contribution in [0.3, 0.4) is 0 Å². The maximum atomic E-state index is 11.4. The summed E-state index contributed by atoms with van der Waals surface area (Å²) in [6, 6.07) is 3.70. The number of H-pyrrole nitrogens is 1. The van der Waals surface area contributed by atoms with E-state index in [0.717, 1.165) is 16.8 Å². The van der Waals surface area contributed by atoms with Crippen molar-refractivity contribution in [2.45, 2.75) is 34.2 Å². The van der Waals surface area contributed by atoms with Gasteiger partial charge in [0.25, 0.3) is 5.56 Å². The molecule has 1 heterocycles. The topological polar surface area (TPSA) is 71.8 Å². The normalized spacial score (nSPS) is 10.8. The molecule has 0 spiro atoms. The van der Waals surface area contributed by atoms with Crippen molar-refractivity contribution in [3.8, 4) is 11.3 Å². The fourth-order valence-corrected chi connectivity index (χ4v) is 2.39. The molecule has 0 radical (unpaired) electrons. The molecule has 0 bridgehead atoms. The lowest BCUT2D eigenvalue weighted by molar-refractivity contribution is 0.941. The molecule has 0 aliphatic heterocycles. The van der Waals surface area contributed by atoms with Crippen molar-refractivity contribution in [1.29, 1.82) is 0 Å². The van der Waals surface area contributed by atoms with Crippen molar-refractivity contribution in [2.24, 2.45) is 5.73 Å². The quantitative estimate of drug-likeness (QED) is 0.865. The first-order valence-corrected chi connectivity index (χ1v) is 6.32. The third kappa shape index (κ3) is 2.31. The number of hydrogen-bond donors (Lipinski definition) is 2. The maximum Gasteiger partial charge on any atom is 0.264 e. The third-order valence-corrected chi connectivity index (χ3v) is 3.71. The Balaban J connectivity index is 2.82. The number of aryl methyl sites for hydroxylation is 2. The summed E-state index contributed by atoms with van der Waals surface area (Å²) in [7, 11) is 0. The number of nitrogens with zero attached hydrogens (tertiary/aromatic N) is 1. The van der Waals surface area contributed by atoms with Crippen LogP contribution in [0.5, 0.6) is 0 Å². The number of nitrogens with one attached hydrogen (secondary N) is 1. The van der Waals surface area contributed by atoms with Crippen LogP contribution in [0, 0.1) is 27.7 Å². The molecule has 3 N–H and O–H groups in total. The molecule has 0 saturated carbocycles. The van der Waals surface area contributed by atoms with E-state index < -0.39 is 0 Å². The van der Waals surface area contributed by atoms with E-state index in [2.05, 4.69) is 44.0 Å². The van der Waals surface area contributed by atoms with Crippen LogP contribution in [0.15, 0.2) is 16.9 Å². The largest absolute Gasteiger partial charge is 0.326 e. The minimum Gasteiger partial charge on any atom is -0.326 e. The predicted molar refractivity (Wildman–Crippen MR) is 77.1 cm³/mol. The zero-order valence-corrected chi connectivity index (χ0v) is 11.8. The van der Waals surface area contributed by atoms with Gasteiger partial charge in [0.05, 0.1) is 5.69 Å². The van der Waals surface area contributed by atoms with E-state index in [4.69, 9.17) is 5.73 Å². The Labute approximate surface area is 112 Å². The highest BCUT2D eigenvalue weighted by atomic mass is 16.1. The van der Waals surface area contributed by atoms with Crippen molar-refractivity contribution >= 4 is 0 Å². The van der Waals surface area contributed by atoms with Crippen LogP contribution in [-0.4, -0.2) is 10.2 Å². The Morgan fingerprint density at radius 1 is 1.11 bits per heavy atom. The van der Waals surface area contributed by atoms with E-state index >= 15 is 0 Å². The van der Waals surface area contributed by atoms with Crippen molar-refractivity contribution in [2.75, 3.05) is 0 Å². The number of hydrogen-bond acceptors (Lipinski definition) is 3. The van der Waals surface area contributed by atoms with Gasteiger partial charge in [-0.05, 0) is 55.5 Å². The first-order valence-electron chi connectivity index (χ1n) is 6.32. The summed E-state index contributed by atoms with van der Waals surface area (Å²) in [5.74, 6) is 0. The van der Waals surface area contributed by atoms with Crippen molar-refractivity contribution in [3.05, 3.63) is 50.3 Å². The minimum absolute atomic E-state index is 0.219. The summed E-state index contributed by atoms with van der Waals surface area (Å²) >= 11 is 0. The second kappa shape index (κ2) is 4.97. The maximum absolute atomic E-state index is 11.4. The van der Waals surface area contributed by atoms with E-state index in [1.165, 1.54) is 28.3 Å². The van der Waals surface area contributed by atoms with Crippen molar-refractivity contribution in [1.82, 2.24) is 10.2 Å². The summed E-state index contributed by atoms with van der Waals surface area (Å²) in [4.78, 5) is 11.4. The van der Waals surface area contributed by atoms with E-state index in [1.54, 1.807) is 0 Å². The van der Waals surface area contributed by atoms with Gasteiger partial charge in [0.15, 0.2) is 0 Å². The molecular formula is C15H19N3O. The van der Waals surface area contributed by atoms with Crippen LogP contribution >= 0.6 is 0 Å². The summed E-state index contributed by atoms with van der Waals surface area (Å²) in [6.07, 6.45) is 0. The zero-order valence-electron chi connectivity index (χ0n) is 11.8. The minimum atomic E-state index is -0.219. The zero-order chi connectivity index (χ0) is 14.2. The lowest BCUT2D eigenvalue weighted by Gasteiger charge is -2.16. The van der Waals surface area contributed by atoms with Crippen molar-refractivity contribution in [3.63, 3.8) is 0 Å². The van der Waals surface area contributed by atoms with Crippen LogP contribution in [0.4, 0.5) is 0 Å². The van der Waals surface area contributed by atoms with Gasteiger partial charge in [-0.1, -0.05) is 6.07 Å². The van der Waals surface area contributed by atoms with E-state index in [0.29, 0.717) is 6.54 Å². The number of aromatic nitrogens is 2. The number of aromatic amines is 1. The molecule has 0 saturated heterocycles. The van der Waals surface area contributed by atoms with Gasteiger partial charge in [0, 0.05) is 18.2 Å². The lowest BCUT2D eigenvalue weighted by atomic mass is 9.90. The van der Waals surface area contributed by atoms with Gasteiger partial charge in [-0.3, -0.25) is 4.79 Å². The van der Waals surface area contributed by atoms with Gasteiger partial charge in [0.1, 0.15) is 0 Å². The van der Waals surface area contributed by atoms with Gasteiger partial charge in [0.2, 0.25) is 0 Å². The average molecular weight is 257 g/mol. The fraction of sp³-hybridized carbons (Fsp3) is 0.333. The smallest absolute Gasteiger partial charge is 0.264 e. The average Bonchev–Trinajstić information content (AvgIpc) is 2.38. The van der Waals surface area contributed by atoms with Gasteiger partial charge in [-0.2, -0.15) is 5.10 Å². The second-order valence-corrected chi connectivity index (χ2v) is 4.95. The molecule has 0 aliphatic rings. The van der Waals surface area contributed by atoms with Gasteiger partial charge in [-0.25, -0.2) is 5.10 Å². The SMILES string of the molecule is Cc1cc(C)c(C)c(-c2n[nH]c(=O)cc2CN)c1C. The Hall–Kier alpha value is -1.94. The first-order chi connectivity index (χ1) is 8.95. The molecule has 0 aliphatic carbocycles. The van der Waals surface area contributed by atoms with E-state index in [1.807, 2.05) is 0 Å². The molecule has 2 rings (SSSR count). The lowest BCUT2D eigenvalue weighted by Crippen LogP contribution is -2.13. The molecule has 0 amide bonds. The number of benzene rings is 1. The van der Waals surface area contributed by atoms with E-state index in [9.17, 15) is 4.79 Å². The molecule has 1 aromatic heterocycles. The van der Waals surface area contributed by atoms with Crippen molar-refractivity contribution < 1.29 is 0 Å². The monoisotopic (exact) mass is 257 g/mol. The Morgan fingerprint density at radius 2 is 1.68 bits per heavy atom. The predicted octanol–water partition coefficient (Wildman–Crippen LogP) is 2.13. The molecule has 0 atom stereocenters. The highest BCUT2D eigenvalue weighted by molar-refractivity contribution is 5.72. The third-order valence-electron chi connectivity index (χ3n) is 3.71. The molecule has 1 aromatic carbocycles. The molecule has 100 valence electrons. The number of nitrogens with two attached hydrogens (primary N) is 1. The Morgan fingerprint density at radius 3 is 2.21 bits per heavy atom. The summed E-state index contributed by atoms with van der Waals surface area (Å²) in [6.45, 7) is 8.62. The molecule has 19 heavy (non-hydrogen) atoms. The fourth-order valence-electron chi connectivity index (χ4n) is 2.39. The van der Waals surface area contributed by atoms with Crippen LogP contribution < -0.4 is 11.3 Å². The Kier molecular flexibility index (Phi) is 3.53. The van der Waals surface area contributed by atoms with Crippen LogP contribution in [0.25, 0.3) is 11.3 Å². The second-order valence-electron chi connectivity index (χ2n) is 4.95. The van der Waals surface area contributed by atoms with Crippen LogP contribution in [-0.2, 0) is 6.54 Å². The van der Waals surface area contributed by atoms with Gasteiger partial charge < -0.3 is 5.73 Å². The summed E-state index contributed by atoms with van der Waals surface area (Å²) < 4.78 is 0. The molecule has 4 heteroatoms. The molecule has 2 aromatic rings. The molecule has 0 unspecified atom stereocenters. The standard InChI is InChI=1S/C15H19N3O/c1-8-5-9(2)11(4)14(10(8)3)15-12(7-16)6-13(19)17-18-15/h5-6H,7,16H2,1-4H3,(H,17,19). The molecule has 4 nitrogen and oxygen atoms in total. The summed E-state index contributed by atoms with van der Waals surface area (Å²) in [5.41, 5.74) is 12.9. The van der Waals surface area contributed by atoms with Crippen LogP contribution in [0.1, 0.15) is 27.8 Å². The van der Waals surface area contributed by atoms with E-state index in [-0.39, 0.29) is 5.56 Å². The first kappa shape index (κ1) is 13.5. The Bertz CT molecular complexity index is 660. The van der Waals surface area contributed by atoms with Gasteiger partial charge >= 0.3 is 0 Å². The molecule has 0 fully saturated rings. The van der Waals surface area contributed by atoms with Gasteiger partial charge in [-0.15, -0.1) is 0 Å². The summed E-state index contributed by atoms with van der Waals surface area (Å²) in [5, 5.41) is 6.71. The van der Waals surface area contributed by atoms with Crippen LogP contribution in [0.2, 0.25) is 0 Å². The number of rotatable bonds is 2.